The highest BCUT2D eigenvalue weighted by molar-refractivity contribution is 6.76. The van der Waals surface area contributed by atoms with Crippen LogP contribution in [0.3, 0.4) is 0 Å². The van der Waals surface area contributed by atoms with Crippen molar-refractivity contribution in [1.82, 2.24) is 15.5 Å². The van der Waals surface area contributed by atoms with E-state index in [4.69, 9.17) is 28.4 Å². The molecule has 0 aliphatic carbocycles. The fraction of sp³-hybridized carbons (Fsp3) is 0.458. The van der Waals surface area contributed by atoms with Gasteiger partial charge < -0.3 is 28.4 Å². The van der Waals surface area contributed by atoms with Crippen molar-refractivity contribution in [2.75, 3.05) is 6.61 Å². The fourth-order valence-corrected chi connectivity index (χ4v) is 6.24. The van der Waals surface area contributed by atoms with Crippen LogP contribution in [0.2, 0.25) is 25.7 Å². The molecule has 2 N–H and O–H groups in total. The lowest BCUT2D eigenvalue weighted by Gasteiger charge is -2.31. The molecule has 1 atom stereocenters. The number of alkyl carbamates (subject to hydrolysis) is 2. The second kappa shape index (κ2) is 23.1. The first-order chi connectivity index (χ1) is 30.4. The first-order valence-electron chi connectivity index (χ1n) is 21.4. The molecule has 0 spiro atoms. The zero-order valence-corrected chi connectivity index (χ0v) is 41.2. The lowest BCUT2D eigenvalue weighted by atomic mass is 10.1. The van der Waals surface area contributed by atoms with Gasteiger partial charge in [0.2, 0.25) is 5.96 Å². The molecule has 0 heterocycles. The monoisotopic (exact) mass is 932 g/mol. The molecule has 18 heteroatoms. The SMILES string of the molecule is CC(=O)C[C@@H](C(=O)OC(C)(C)C)N(Cc1cccc(C(=O)OCC[Si](C)(C)C)c1)C(=O)OCc1ccc(OC(=O)c2ccc(N=C(NC(=O)OC(C)(C)C)NC(=O)OC(C)(C)C)cc2)cc1. The minimum Gasteiger partial charge on any atom is -0.462 e. The quantitative estimate of drug-likeness (QED) is 0.0363. The maximum Gasteiger partial charge on any atom is 0.414 e. The number of ether oxygens (including phenoxy) is 6. The molecule has 3 rings (SSSR count). The van der Waals surface area contributed by atoms with E-state index in [9.17, 15) is 33.6 Å². The molecule has 0 radical (unpaired) electrons. The normalized spacial score (nSPS) is 12.1. The van der Waals surface area contributed by atoms with Crippen LogP contribution in [0, 0.1) is 0 Å². The Morgan fingerprint density at radius 2 is 1.23 bits per heavy atom. The van der Waals surface area contributed by atoms with Gasteiger partial charge in [0, 0.05) is 21.0 Å². The Morgan fingerprint density at radius 1 is 0.667 bits per heavy atom. The summed E-state index contributed by atoms with van der Waals surface area (Å²) in [6.07, 6.45) is -3.01. The molecular weight excluding hydrogens is 869 g/mol. The van der Waals surface area contributed by atoms with Crippen molar-refractivity contribution in [1.29, 1.82) is 0 Å². The van der Waals surface area contributed by atoms with E-state index in [1.165, 1.54) is 43.3 Å². The van der Waals surface area contributed by atoms with Gasteiger partial charge in [-0.05, 0) is 135 Å². The van der Waals surface area contributed by atoms with Crippen molar-refractivity contribution < 1.29 is 62.0 Å². The van der Waals surface area contributed by atoms with Gasteiger partial charge in [-0.2, -0.15) is 0 Å². The van der Waals surface area contributed by atoms with Gasteiger partial charge in [0.15, 0.2) is 0 Å². The molecular formula is C48H64N4O13Si. The molecule has 0 aliphatic rings. The Bertz CT molecular complexity index is 2200. The van der Waals surface area contributed by atoms with Crippen LogP contribution in [0.15, 0.2) is 77.8 Å². The third-order valence-corrected chi connectivity index (χ3v) is 10.2. The summed E-state index contributed by atoms with van der Waals surface area (Å²) in [6.45, 7) is 22.7. The number of ketones is 1. The van der Waals surface area contributed by atoms with Crippen LogP contribution in [-0.2, 0) is 46.4 Å². The van der Waals surface area contributed by atoms with Crippen LogP contribution in [-0.4, -0.2) is 90.4 Å². The minimum absolute atomic E-state index is 0.156. The van der Waals surface area contributed by atoms with Crippen LogP contribution in [0.1, 0.15) is 108 Å². The molecule has 0 fully saturated rings. The third kappa shape index (κ3) is 20.5. The second-order valence-corrected chi connectivity index (χ2v) is 25.2. The first kappa shape index (κ1) is 53.8. The molecule has 3 aromatic carbocycles. The van der Waals surface area contributed by atoms with Gasteiger partial charge in [-0.3, -0.25) is 20.3 Å². The molecule has 358 valence electrons. The van der Waals surface area contributed by atoms with E-state index in [1.807, 2.05) is 0 Å². The smallest absolute Gasteiger partial charge is 0.414 e. The van der Waals surface area contributed by atoms with Crippen LogP contribution < -0.4 is 15.4 Å². The predicted molar refractivity (Wildman–Crippen MR) is 249 cm³/mol. The second-order valence-electron chi connectivity index (χ2n) is 19.6. The Balaban J connectivity index is 1.76. The molecule has 17 nitrogen and oxygen atoms in total. The molecule has 0 aromatic heterocycles. The van der Waals surface area contributed by atoms with Gasteiger partial charge in [0.25, 0.3) is 0 Å². The standard InChI is InChI=1S/C48H64N4O13Si/c1-31(53)27-38(41(56)63-46(2,3)4)52(29-33-15-14-16-35(28-33)39(54)60-25-26-66(11,12)13)45(59)61-30-32-17-23-37(24-18-32)62-40(55)34-19-21-36(22-20-34)49-42(50-43(57)64-47(5,6)7)51-44(58)65-48(8,9)10/h14-24,28,38H,25-27,29-30H2,1-13H3,(H2,49,50,51,57,58)/t38-/m0/s1. The number of nitrogens with one attached hydrogen (secondary N) is 2. The number of guanidine groups is 1. The van der Waals surface area contributed by atoms with E-state index in [0.717, 1.165) is 10.9 Å². The zero-order chi connectivity index (χ0) is 49.6. The van der Waals surface area contributed by atoms with Gasteiger partial charge >= 0.3 is 36.2 Å². The van der Waals surface area contributed by atoms with Crippen molar-refractivity contribution in [2.24, 2.45) is 4.99 Å². The highest BCUT2D eigenvalue weighted by Crippen LogP contribution is 2.22. The molecule has 66 heavy (non-hydrogen) atoms. The highest BCUT2D eigenvalue weighted by atomic mass is 28.3. The lowest BCUT2D eigenvalue weighted by Crippen LogP contribution is -2.48. The number of amides is 3. The minimum atomic E-state index is -1.45. The maximum absolute atomic E-state index is 13.9. The zero-order valence-electron chi connectivity index (χ0n) is 40.2. The fourth-order valence-electron chi connectivity index (χ4n) is 5.53. The number of hydrogen-bond acceptors (Lipinski definition) is 14. The molecule has 0 saturated carbocycles. The van der Waals surface area contributed by atoms with Gasteiger partial charge in [0.1, 0.15) is 41.0 Å². The highest BCUT2D eigenvalue weighted by Gasteiger charge is 2.36. The lowest BCUT2D eigenvalue weighted by molar-refractivity contribution is -0.162. The van der Waals surface area contributed by atoms with Crippen molar-refractivity contribution in [2.45, 2.75) is 137 Å². The number of aliphatic imine (C=N–C) groups is 1. The number of esters is 3. The van der Waals surface area contributed by atoms with Crippen LogP contribution in [0.25, 0.3) is 0 Å². The van der Waals surface area contributed by atoms with Crippen molar-refractivity contribution in [3.8, 4) is 5.75 Å². The number of rotatable bonds is 15. The average Bonchev–Trinajstić information content (AvgIpc) is 3.16. The van der Waals surface area contributed by atoms with E-state index in [2.05, 4.69) is 35.3 Å². The first-order valence-corrected chi connectivity index (χ1v) is 25.1. The average molecular weight is 933 g/mol. The number of carbonyl (C=O) groups excluding carboxylic acids is 7. The third-order valence-electron chi connectivity index (χ3n) is 8.45. The number of nitrogens with zero attached hydrogens (tertiary/aromatic N) is 2. The van der Waals surface area contributed by atoms with Crippen molar-refractivity contribution in [3.63, 3.8) is 0 Å². The molecule has 3 amide bonds. The van der Waals surface area contributed by atoms with E-state index < -0.39 is 67.1 Å². The Morgan fingerprint density at radius 3 is 1.74 bits per heavy atom. The van der Waals surface area contributed by atoms with Gasteiger partial charge in [0.05, 0.1) is 23.4 Å². The topological polar surface area (TPSA) is 215 Å². The van der Waals surface area contributed by atoms with Crippen LogP contribution in [0.4, 0.5) is 20.1 Å². The maximum atomic E-state index is 13.9. The van der Waals surface area contributed by atoms with Crippen LogP contribution in [0.5, 0.6) is 5.75 Å². The van der Waals surface area contributed by atoms with Crippen LogP contribution >= 0.6 is 0 Å². The van der Waals surface area contributed by atoms with E-state index in [1.54, 1.807) is 98.7 Å². The van der Waals surface area contributed by atoms with E-state index in [-0.39, 0.29) is 60.5 Å². The van der Waals surface area contributed by atoms with Gasteiger partial charge in [-0.15, -0.1) is 0 Å². The largest absolute Gasteiger partial charge is 0.462 e. The number of Topliss-reactive ketones (excluding diaryl/α,β-unsaturated/α-hetero) is 1. The summed E-state index contributed by atoms with van der Waals surface area (Å²) in [5.74, 6) is -2.50. The number of hydrogen-bond donors (Lipinski definition) is 2. The number of carbonyl (C=O) groups is 7. The summed E-state index contributed by atoms with van der Waals surface area (Å²) < 4.78 is 32.9. The van der Waals surface area contributed by atoms with Gasteiger partial charge in [-0.25, -0.2) is 33.8 Å². The summed E-state index contributed by atoms with van der Waals surface area (Å²) in [7, 11) is -1.45. The van der Waals surface area contributed by atoms with Gasteiger partial charge in [-0.1, -0.05) is 43.9 Å². The number of benzene rings is 3. The molecule has 0 aliphatic heterocycles. The summed E-state index contributed by atoms with van der Waals surface area (Å²) in [6, 6.07) is 17.9. The Kier molecular flexibility index (Phi) is 18.8. The van der Waals surface area contributed by atoms with E-state index in [0.29, 0.717) is 11.1 Å². The molecule has 0 saturated heterocycles. The molecule has 0 unspecified atom stereocenters. The molecule has 0 bridgehead atoms. The Labute approximate surface area is 387 Å². The summed E-state index contributed by atoms with van der Waals surface area (Å²) >= 11 is 0. The molecule has 3 aromatic rings. The summed E-state index contributed by atoms with van der Waals surface area (Å²) in [4.78, 5) is 96.2. The van der Waals surface area contributed by atoms with E-state index >= 15 is 0 Å². The summed E-state index contributed by atoms with van der Waals surface area (Å²) in [5, 5.41) is 4.78. The summed E-state index contributed by atoms with van der Waals surface area (Å²) in [5.41, 5.74) is -0.930. The Hall–Kier alpha value is -6.56. The predicted octanol–water partition coefficient (Wildman–Crippen LogP) is 9.27. The van der Waals surface area contributed by atoms with Crippen molar-refractivity contribution in [3.05, 3.63) is 95.1 Å². The van der Waals surface area contributed by atoms with Crippen molar-refractivity contribution >= 4 is 61.7 Å².